The molecule has 3 rings (SSSR count). The number of urea groups is 1. The number of rotatable bonds is 6. The Morgan fingerprint density at radius 1 is 1.22 bits per heavy atom. The predicted molar refractivity (Wildman–Crippen MR) is 98.9 cm³/mol. The SMILES string of the molecule is COc1ccc(C2=NOC(CNC(=O)NC3CCC(C(=O)O)CC3)C2)cc1. The van der Waals surface area contributed by atoms with Crippen molar-refractivity contribution < 1.29 is 24.3 Å². The Morgan fingerprint density at radius 2 is 1.93 bits per heavy atom. The van der Waals surface area contributed by atoms with Gasteiger partial charge in [-0.1, -0.05) is 5.16 Å². The van der Waals surface area contributed by atoms with Crippen LogP contribution in [-0.2, 0) is 9.63 Å². The van der Waals surface area contributed by atoms with E-state index in [-0.39, 0.29) is 24.1 Å². The van der Waals surface area contributed by atoms with Crippen molar-refractivity contribution in [2.24, 2.45) is 11.1 Å². The van der Waals surface area contributed by atoms with Gasteiger partial charge in [-0.15, -0.1) is 0 Å². The molecule has 0 bridgehead atoms. The molecule has 1 aromatic carbocycles. The molecule has 27 heavy (non-hydrogen) atoms. The topological polar surface area (TPSA) is 109 Å². The van der Waals surface area contributed by atoms with Gasteiger partial charge in [0.05, 0.1) is 25.3 Å². The molecule has 1 atom stereocenters. The van der Waals surface area contributed by atoms with Crippen molar-refractivity contribution in [2.45, 2.75) is 44.2 Å². The average Bonchev–Trinajstić information content (AvgIpc) is 3.16. The van der Waals surface area contributed by atoms with Crippen molar-refractivity contribution in [3.05, 3.63) is 29.8 Å². The molecule has 8 heteroatoms. The predicted octanol–water partition coefficient (Wildman–Crippen LogP) is 2.13. The minimum atomic E-state index is -0.746. The molecule has 0 radical (unpaired) electrons. The Morgan fingerprint density at radius 3 is 2.56 bits per heavy atom. The van der Waals surface area contributed by atoms with Crippen molar-refractivity contribution in [2.75, 3.05) is 13.7 Å². The van der Waals surface area contributed by atoms with E-state index in [1.165, 1.54) is 0 Å². The van der Waals surface area contributed by atoms with Crippen LogP contribution in [0.4, 0.5) is 4.79 Å². The van der Waals surface area contributed by atoms with Crippen molar-refractivity contribution in [1.82, 2.24) is 10.6 Å². The second-order valence-corrected chi connectivity index (χ2v) is 6.94. The van der Waals surface area contributed by atoms with Gasteiger partial charge >= 0.3 is 12.0 Å². The van der Waals surface area contributed by atoms with E-state index in [9.17, 15) is 9.59 Å². The second-order valence-electron chi connectivity index (χ2n) is 6.94. The van der Waals surface area contributed by atoms with Gasteiger partial charge in [-0.2, -0.15) is 0 Å². The number of amides is 2. The number of hydrogen-bond acceptors (Lipinski definition) is 5. The van der Waals surface area contributed by atoms with E-state index in [2.05, 4.69) is 15.8 Å². The summed E-state index contributed by atoms with van der Waals surface area (Å²) in [5.74, 6) is -0.249. The first-order valence-electron chi connectivity index (χ1n) is 9.19. The number of nitrogens with one attached hydrogen (secondary N) is 2. The van der Waals surface area contributed by atoms with Gasteiger partial charge in [0.15, 0.2) is 6.10 Å². The molecule has 1 aliphatic heterocycles. The van der Waals surface area contributed by atoms with Crippen LogP contribution in [0.3, 0.4) is 0 Å². The van der Waals surface area contributed by atoms with Gasteiger partial charge in [-0.25, -0.2) is 4.79 Å². The fraction of sp³-hybridized carbons (Fsp3) is 0.526. The first-order valence-corrected chi connectivity index (χ1v) is 9.19. The highest BCUT2D eigenvalue weighted by Gasteiger charge is 2.27. The molecule has 0 aromatic heterocycles. The first-order chi connectivity index (χ1) is 13.0. The maximum absolute atomic E-state index is 12.1. The first kappa shape index (κ1) is 19.0. The zero-order valence-electron chi connectivity index (χ0n) is 15.3. The number of carboxylic acid groups (broad SMARTS) is 1. The summed E-state index contributed by atoms with van der Waals surface area (Å²) in [6.45, 7) is 0.361. The molecule has 1 fully saturated rings. The van der Waals surface area contributed by atoms with Crippen LogP contribution in [-0.4, -0.2) is 48.6 Å². The fourth-order valence-corrected chi connectivity index (χ4v) is 3.42. The van der Waals surface area contributed by atoms with Crippen LogP contribution in [0.25, 0.3) is 0 Å². The zero-order chi connectivity index (χ0) is 19.2. The van der Waals surface area contributed by atoms with Gasteiger partial charge < -0.3 is 25.3 Å². The van der Waals surface area contributed by atoms with E-state index in [1.54, 1.807) is 7.11 Å². The standard InChI is InChI=1S/C19H25N3O5/c1-26-15-8-4-12(5-9-15)17-10-16(27-22-17)11-20-19(25)21-14-6-2-13(3-7-14)18(23)24/h4-5,8-9,13-14,16H,2-3,6-7,10-11H2,1H3,(H,23,24)(H2,20,21,25). The number of hydrogen-bond donors (Lipinski definition) is 3. The molecular weight excluding hydrogens is 350 g/mol. The number of carbonyl (C=O) groups excluding carboxylic acids is 1. The van der Waals surface area contributed by atoms with Gasteiger partial charge in [-0.3, -0.25) is 4.79 Å². The molecule has 2 amide bonds. The minimum Gasteiger partial charge on any atom is -0.497 e. The highest BCUT2D eigenvalue weighted by atomic mass is 16.6. The van der Waals surface area contributed by atoms with Crippen molar-refractivity contribution in [3.63, 3.8) is 0 Å². The molecule has 3 N–H and O–H groups in total. The highest BCUT2D eigenvalue weighted by Crippen LogP contribution is 2.24. The van der Waals surface area contributed by atoms with Crippen LogP contribution in [0, 0.1) is 5.92 Å². The summed E-state index contributed by atoms with van der Waals surface area (Å²) < 4.78 is 5.14. The van der Waals surface area contributed by atoms with Crippen molar-refractivity contribution in [1.29, 1.82) is 0 Å². The number of ether oxygens (including phenoxy) is 1. The average molecular weight is 375 g/mol. The van der Waals surface area contributed by atoms with Gasteiger partial charge in [0, 0.05) is 12.5 Å². The van der Waals surface area contributed by atoms with Gasteiger partial charge in [0.1, 0.15) is 5.75 Å². The van der Waals surface area contributed by atoms with Crippen LogP contribution >= 0.6 is 0 Å². The van der Waals surface area contributed by atoms with Crippen molar-refractivity contribution in [3.8, 4) is 5.75 Å². The third-order valence-corrected chi connectivity index (χ3v) is 5.06. The Labute approximate surface area is 157 Å². The number of aliphatic carboxylic acids is 1. The third-order valence-electron chi connectivity index (χ3n) is 5.06. The second kappa shape index (κ2) is 8.75. The molecule has 8 nitrogen and oxygen atoms in total. The van der Waals surface area contributed by atoms with E-state index in [0.29, 0.717) is 38.6 Å². The lowest BCUT2D eigenvalue weighted by molar-refractivity contribution is -0.142. The number of methoxy groups -OCH3 is 1. The largest absolute Gasteiger partial charge is 0.497 e. The number of oxime groups is 1. The molecule has 146 valence electrons. The van der Waals surface area contributed by atoms with Crippen LogP contribution in [0.5, 0.6) is 5.75 Å². The third kappa shape index (κ3) is 5.12. The fourth-order valence-electron chi connectivity index (χ4n) is 3.42. The summed E-state index contributed by atoms with van der Waals surface area (Å²) in [6.07, 6.45) is 3.01. The summed E-state index contributed by atoms with van der Waals surface area (Å²) >= 11 is 0. The molecule has 0 saturated heterocycles. The molecule has 1 aromatic rings. The van der Waals surface area contributed by atoms with Gasteiger partial charge in [0.2, 0.25) is 0 Å². The molecule has 1 heterocycles. The Balaban J connectivity index is 1.37. The molecule has 1 saturated carbocycles. The summed E-state index contributed by atoms with van der Waals surface area (Å²) in [7, 11) is 1.62. The van der Waals surface area contributed by atoms with Crippen LogP contribution in [0.1, 0.15) is 37.7 Å². The summed E-state index contributed by atoms with van der Waals surface area (Å²) in [5.41, 5.74) is 1.81. The van der Waals surface area contributed by atoms with Gasteiger partial charge in [-0.05, 0) is 55.5 Å². The van der Waals surface area contributed by atoms with E-state index in [1.807, 2.05) is 24.3 Å². The lowest BCUT2D eigenvalue weighted by atomic mass is 9.86. The zero-order valence-corrected chi connectivity index (χ0v) is 15.3. The molecule has 0 spiro atoms. The maximum atomic E-state index is 12.1. The number of nitrogens with zero attached hydrogens (tertiary/aromatic N) is 1. The molecular formula is C19H25N3O5. The van der Waals surface area contributed by atoms with Crippen molar-refractivity contribution >= 4 is 17.7 Å². The summed E-state index contributed by atoms with van der Waals surface area (Å²) in [5, 5.41) is 18.8. The Kier molecular flexibility index (Phi) is 6.16. The maximum Gasteiger partial charge on any atom is 0.315 e. The Hall–Kier alpha value is -2.77. The molecule has 1 unspecified atom stereocenters. The lowest BCUT2D eigenvalue weighted by Crippen LogP contribution is -2.46. The number of carboxylic acids is 1. The minimum absolute atomic E-state index is 0.0243. The summed E-state index contributed by atoms with van der Waals surface area (Å²) in [4.78, 5) is 28.4. The number of benzene rings is 1. The number of carbonyl (C=O) groups is 2. The quantitative estimate of drug-likeness (QED) is 0.706. The monoisotopic (exact) mass is 375 g/mol. The van der Waals surface area contributed by atoms with E-state index in [4.69, 9.17) is 14.7 Å². The summed E-state index contributed by atoms with van der Waals surface area (Å²) in [6, 6.07) is 7.37. The van der Waals surface area contributed by atoms with Crippen LogP contribution in [0.2, 0.25) is 0 Å². The van der Waals surface area contributed by atoms with E-state index < -0.39 is 5.97 Å². The molecule has 2 aliphatic rings. The highest BCUT2D eigenvalue weighted by molar-refractivity contribution is 6.01. The normalized spacial score (nSPS) is 24.5. The Bertz CT molecular complexity index is 696. The van der Waals surface area contributed by atoms with Crippen LogP contribution < -0.4 is 15.4 Å². The van der Waals surface area contributed by atoms with Gasteiger partial charge in [0.25, 0.3) is 0 Å². The van der Waals surface area contributed by atoms with E-state index >= 15 is 0 Å². The smallest absolute Gasteiger partial charge is 0.315 e. The van der Waals surface area contributed by atoms with Crippen LogP contribution in [0.15, 0.2) is 29.4 Å². The van der Waals surface area contributed by atoms with E-state index in [0.717, 1.165) is 17.0 Å². The molecule has 1 aliphatic carbocycles. The lowest BCUT2D eigenvalue weighted by Gasteiger charge is -2.27.